The van der Waals surface area contributed by atoms with Gasteiger partial charge in [-0.05, 0) is 68.0 Å². The van der Waals surface area contributed by atoms with E-state index in [2.05, 4.69) is 41.6 Å². The molecule has 1 atom stereocenters. The van der Waals surface area contributed by atoms with E-state index < -0.39 is 0 Å². The molecule has 4 nitrogen and oxygen atoms in total. The molecule has 3 N–H and O–H groups in total. The van der Waals surface area contributed by atoms with E-state index in [1.54, 1.807) is 0 Å². The summed E-state index contributed by atoms with van der Waals surface area (Å²) in [5, 5.41) is 7.94. The maximum Gasteiger partial charge on any atom is 0.229 e. The summed E-state index contributed by atoms with van der Waals surface area (Å²) in [4.78, 5) is 15.9. The smallest absolute Gasteiger partial charge is 0.229 e. The summed E-state index contributed by atoms with van der Waals surface area (Å²) in [5.41, 5.74) is 4.49. The lowest BCUT2D eigenvalue weighted by atomic mass is 9.86. The summed E-state index contributed by atoms with van der Waals surface area (Å²) < 4.78 is 0. The van der Waals surface area contributed by atoms with E-state index in [0.717, 1.165) is 31.6 Å². The fourth-order valence-corrected chi connectivity index (χ4v) is 3.64. The predicted molar refractivity (Wildman–Crippen MR) is 110 cm³/mol. The summed E-state index contributed by atoms with van der Waals surface area (Å²) >= 11 is 0. The number of aromatic nitrogens is 1. The van der Waals surface area contributed by atoms with Crippen molar-refractivity contribution in [1.29, 1.82) is 0 Å². The predicted octanol–water partition coefficient (Wildman–Crippen LogP) is 4.50. The van der Waals surface area contributed by atoms with Crippen LogP contribution in [0.3, 0.4) is 0 Å². The highest BCUT2D eigenvalue weighted by molar-refractivity contribution is 5.97. The molecular weight excluding hydrogens is 322 g/mol. The van der Waals surface area contributed by atoms with Crippen molar-refractivity contribution in [3.8, 4) is 0 Å². The standard InChI is InChI=1S/C22H33N3O/c1-14(2)12-23-13-15-6-8-19-17(10-15)18-11-16(7-9-20(18)25-19)24-21(26)22(3,4)5/h7,9,11,14-15,23,25H,6,8,10,12-13H2,1-5H3,(H,24,26). The zero-order valence-electron chi connectivity index (χ0n) is 16.8. The van der Waals surface area contributed by atoms with Crippen LogP contribution >= 0.6 is 0 Å². The molecule has 1 aromatic heterocycles. The molecule has 2 aromatic rings. The lowest BCUT2D eigenvalue weighted by Crippen LogP contribution is -2.29. The third-order valence-electron chi connectivity index (χ3n) is 5.21. The van der Waals surface area contributed by atoms with Crippen molar-refractivity contribution >= 4 is 22.5 Å². The lowest BCUT2D eigenvalue weighted by molar-refractivity contribution is -0.123. The third kappa shape index (κ3) is 4.29. The van der Waals surface area contributed by atoms with Crippen LogP contribution in [0, 0.1) is 17.3 Å². The summed E-state index contributed by atoms with van der Waals surface area (Å²) in [7, 11) is 0. The first kappa shape index (κ1) is 19.0. The van der Waals surface area contributed by atoms with Crippen molar-refractivity contribution in [2.45, 2.75) is 53.9 Å². The fraction of sp³-hybridized carbons (Fsp3) is 0.591. The second-order valence-corrected chi connectivity index (χ2v) is 9.21. The van der Waals surface area contributed by atoms with Crippen LogP contribution in [0.15, 0.2) is 18.2 Å². The van der Waals surface area contributed by atoms with Crippen molar-refractivity contribution < 1.29 is 4.79 Å². The van der Waals surface area contributed by atoms with E-state index in [4.69, 9.17) is 0 Å². The molecule has 0 saturated carbocycles. The molecule has 26 heavy (non-hydrogen) atoms. The number of benzene rings is 1. The van der Waals surface area contributed by atoms with Gasteiger partial charge >= 0.3 is 0 Å². The Kier molecular flexibility index (Phi) is 5.42. The van der Waals surface area contributed by atoms with Crippen LogP contribution in [0.2, 0.25) is 0 Å². The maximum absolute atomic E-state index is 12.3. The molecule has 0 fully saturated rings. The second kappa shape index (κ2) is 7.43. The average molecular weight is 356 g/mol. The Balaban J connectivity index is 1.77. The van der Waals surface area contributed by atoms with E-state index in [1.807, 2.05) is 26.8 Å². The number of aromatic amines is 1. The fourth-order valence-electron chi connectivity index (χ4n) is 3.64. The Morgan fingerprint density at radius 3 is 2.77 bits per heavy atom. The summed E-state index contributed by atoms with van der Waals surface area (Å²) in [6.45, 7) is 12.5. The maximum atomic E-state index is 12.3. The number of hydrogen-bond acceptors (Lipinski definition) is 2. The molecule has 0 saturated heterocycles. The molecule has 0 radical (unpaired) electrons. The first-order chi connectivity index (χ1) is 12.2. The quantitative estimate of drug-likeness (QED) is 0.739. The van der Waals surface area contributed by atoms with Gasteiger partial charge in [-0.2, -0.15) is 0 Å². The molecule has 0 aliphatic heterocycles. The first-order valence-electron chi connectivity index (χ1n) is 9.89. The van der Waals surface area contributed by atoms with E-state index in [-0.39, 0.29) is 11.3 Å². The number of amides is 1. The molecule has 1 aliphatic rings. The zero-order chi connectivity index (χ0) is 18.9. The minimum atomic E-state index is -0.389. The van der Waals surface area contributed by atoms with Gasteiger partial charge in [0.25, 0.3) is 0 Å². The minimum Gasteiger partial charge on any atom is -0.358 e. The van der Waals surface area contributed by atoms with Crippen LogP contribution in [-0.2, 0) is 17.6 Å². The van der Waals surface area contributed by atoms with Gasteiger partial charge in [0.05, 0.1) is 0 Å². The summed E-state index contributed by atoms with van der Waals surface area (Å²) in [5.74, 6) is 1.43. The molecule has 1 unspecified atom stereocenters. The number of nitrogens with one attached hydrogen (secondary N) is 3. The van der Waals surface area contributed by atoms with Crippen molar-refractivity contribution in [3.05, 3.63) is 29.5 Å². The molecule has 4 heteroatoms. The number of aryl methyl sites for hydroxylation is 1. The Hall–Kier alpha value is -1.81. The van der Waals surface area contributed by atoms with Gasteiger partial charge in [-0.3, -0.25) is 4.79 Å². The van der Waals surface area contributed by atoms with Crippen LogP contribution in [0.1, 0.15) is 52.3 Å². The van der Waals surface area contributed by atoms with Crippen molar-refractivity contribution in [2.75, 3.05) is 18.4 Å². The Morgan fingerprint density at radius 1 is 1.31 bits per heavy atom. The largest absolute Gasteiger partial charge is 0.358 e. The number of hydrogen-bond donors (Lipinski definition) is 3. The highest BCUT2D eigenvalue weighted by Crippen LogP contribution is 2.33. The molecular formula is C22H33N3O. The number of carbonyl (C=O) groups excluding carboxylic acids is 1. The van der Waals surface area contributed by atoms with E-state index >= 15 is 0 Å². The van der Waals surface area contributed by atoms with Crippen LogP contribution in [-0.4, -0.2) is 24.0 Å². The van der Waals surface area contributed by atoms with Crippen LogP contribution in [0.25, 0.3) is 10.9 Å². The molecule has 142 valence electrons. The Labute approximate surface area is 157 Å². The topological polar surface area (TPSA) is 56.9 Å². The molecule has 1 amide bonds. The van der Waals surface area contributed by atoms with Crippen LogP contribution in [0.5, 0.6) is 0 Å². The number of fused-ring (bicyclic) bond motifs is 3. The van der Waals surface area contributed by atoms with E-state index in [0.29, 0.717) is 11.8 Å². The normalized spacial score (nSPS) is 17.5. The van der Waals surface area contributed by atoms with Gasteiger partial charge in [0.2, 0.25) is 5.91 Å². The van der Waals surface area contributed by atoms with Crippen LogP contribution < -0.4 is 10.6 Å². The van der Waals surface area contributed by atoms with Crippen molar-refractivity contribution in [2.24, 2.45) is 17.3 Å². The number of rotatable bonds is 5. The van der Waals surface area contributed by atoms with Crippen LogP contribution in [0.4, 0.5) is 5.69 Å². The highest BCUT2D eigenvalue weighted by Gasteiger charge is 2.24. The van der Waals surface area contributed by atoms with E-state index in [9.17, 15) is 4.79 Å². The zero-order valence-corrected chi connectivity index (χ0v) is 16.8. The SMILES string of the molecule is CC(C)CNCC1CCc2[nH]c3ccc(NC(=O)C(C)(C)C)cc3c2C1. The van der Waals surface area contributed by atoms with Gasteiger partial charge in [0, 0.05) is 27.7 Å². The van der Waals surface area contributed by atoms with Gasteiger partial charge < -0.3 is 15.6 Å². The first-order valence-corrected chi connectivity index (χ1v) is 9.89. The van der Waals surface area contributed by atoms with Gasteiger partial charge in [0.1, 0.15) is 0 Å². The van der Waals surface area contributed by atoms with Crippen molar-refractivity contribution in [3.63, 3.8) is 0 Å². The Bertz CT molecular complexity index is 783. The van der Waals surface area contributed by atoms with Gasteiger partial charge in [-0.1, -0.05) is 34.6 Å². The number of H-pyrrole nitrogens is 1. The Morgan fingerprint density at radius 2 is 2.08 bits per heavy atom. The summed E-state index contributed by atoms with van der Waals surface area (Å²) in [6, 6.07) is 6.23. The monoisotopic (exact) mass is 355 g/mol. The van der Waals surface area contributed by atoms with Gasteiger partial charge in [0.15, 0.2) is 0 Å². The molecule has 1 heterocycles. The van der Waals surface area contributed by atoms with Gasteiger partial charge in [-0.15, -0.1) is 0 Å². The number of carbonyl (C=O) groups is 1. The second-order valence-electron chi connectivity index (χ2n) is 9.21. The van der Waals surface area contributed by atoms with Gasteiger partial charge in [-0.25, -0.2) is 0 Å². The molecule has 1 aliphatic carbocycles. The molecule has 1 aromatic carbocycles. The summed E-state index contributed by atoms with van der Waals surface area (Å²) in [6.07, 6.45) is 3.46. The molecule has 0 spiro atoms. The van der Waals surface area contributed by atoms with Crippen molar-refractivity contribution in [1.82, 2.24) is 10.3 Å². The lowest BCUT2D eigenvalue weighted by Gasteiger charge is -2.23. The highest BCUT2D eigenvalue weighted by atomic mass is 16.2. The average Bonchev–Trinajstić information content (AvgIpc) is 2.91. The molecule has 0 bridgehead atoms. The number of anilines is 1. The minimum absolute atomic E-state index is 0.0528. The molecule has 3 rings (SSSR count). The third-order valence-corrected chi connectivity index (χ3v) is 5.21. The van der Waals surface area contributed by atoms with E-state index in [1.165, 1.54) is 28.6 Å².